The molecule has 2 unspecified atom stereocenters. The zero-order valence-electron chi connectivity index (χ0n) is 19.9. The van der Waals surface area contributed by atoms with Crippen LogP contribution in [-0.4, -0.2) is 40.7 Å². The van der Waals surface area contributed by atoms with Crippen molar-refractivity contribution in [1.29, 1.82) is 0 Å². The highest BCUT2D eigenvalue weighted by Crippen LogP contribution is 2.32. The second-order valence-electron chi connectivity index (χ2n) is 8.59. The van der Waals surface area contributed by atoms with Crippen molar-refractivity contribution in [1.82, 2.24) is 9.56 Å². The minimum absolute atomic E-state index is 0.780. The zero-order chi connectivity index (χ0) is 23.1. The first-order valence-corrected chi connectivity index (χ1v) is 12.8. The molecule has 3 rings (SSSR count). The van der Waals surface area contributed by atoms with E-state index in [2.05, 4.69) is 36.6 Å². The molecule has 2 atom stereocenters. The number of nitrogens with zero attached hydrogens (tertiary/aromatic N) is 3. The highest BCUT2D eigenvalue weighted by atomic mass is 32.1. The number of hydrogen-bond donors (Lipinski definition) is 2. The molecule has 0 fully saturated rings. The van der Waals surface area contributed by atoms with Crippen molar-refractivity contribution in [2.45, 2.75) is 78.7 Å². The number of benzene rings is 2. The maximum atomic E-state index is 10.1. The Balaban J connectivity index is 2.05. The summed E-state index contributed by atoms with van der Waals surface area (Å²) in [4.78, 5) is 7.62. The second kappa shape index (κ2) is 11.7. The Hall–Kier alpha value is -2.02. The van der Waals surface area contributed by atoms with Crippen LogP contribution in [0.25, 0.3) is 20.8 Å². The number of anilines is 1. The molecule has 0 saturated heterocycles. The molecule has 0 saturated carbocycles. The third kappa shape index (κ3) is 6.06. The summed E-state index contributed by atoms with van der Waals surface area (Å²) in [5.74, 6) is 0. The monoisotopic (exact) mass is 456 g/mol. The van der Waals surface area contributed by atoms with Gasteiger partial charge in [0.15, 0.2) is 0 Å². The van der Waals surface area contributed by atoms with Crippen LogP contribution in [0.5, 0.6) is 0 Å². The van der Waals surface area contributed by atoms with Gasteiger partial charge in [-0.1, -0.05) is 26.7 Å². The molecule has 6 heteroatoms. The summed E-state index contributed by atoms with van der Waals surface area (Å²) >= 11 is 1.72. The molecule has 174 valence electrons. The second-order valence-corrected chi connectivity index (χ2v) is 9.67. The van der Waals surface area contributed by atoms with E-state index in [1.165, 1.54) is 43.9 Å². The van der Waals surface area contributed by atoms with E-state index in [0.717, 1.165) is 39.6 Å². The topological polar surface area (TPSA) is 59.6 Å². The molecule has 2 aliphatic rings. The smallest absolute Gasteiger partial charge is 0.201 e. The van der Waals surface area contributed by atoms with Gasteiger partial charge in [-0.3, -0.25) is 0 Å². The Kier molecular flexibility index (Phi) is 9.02. The first-order chi connectivity index (χ1) is 15.4. The number of fused-ring (bicyclic) bond motifs is 2. The molecule has 1 aliphatic carbocycles. The van der Waals surface area contributed by atoms with Crippen LogP contribution in [0.3, 0.4) is 0 Å². The summed E-state index contributed by atoms with van der Waals surface area (Å²) in [5.41, 5.74) is 2.72. The van der Waals surface area contributed by atoms with Gasteiger partial charge in [-0.15, -0.1) is 11.3 Å². The summed E-state index contributed by atoms with van der Waals surface area (Å²) in [6, 6.07) is 12.5. The van der Waals surface area contributed by atoms with E-state index >= 15 is 0 Å². The molecule has 1 heterocycles. The Bertz CT molecular complexity index is 1020. The van der Waals surface area contributed by atoms with Crippen LogP contribution in [0, 0.1) is 0 Å². The summed E-state index contributed by atoms with van der Waals surface area (Å²) in [5, 5.41) is 21.5. The number of aromatic nitrogens is 1. The summed E-state index contributed by atoms with van der Waals surface area (Å²) in [7, 11) is 0. The van der Waals surface area contributed by atoms with E-state index in [-0.39, 0.29) is 0 Å². The van der Waals surface area contributed by atoms with Crippen molar-refractivity contribution in [3.8, 4) is 10.6 Å². The molecule has 0 bridgehead atoms. The fraction of sp³-hybridized carbons (Fsp3) is 0.538. The van der Waals surface area contributed by atoms with Crippen molar-refractivity contribution < 1.29 is 10.2 Å². The molecule has 0 spiro atoms. The normalized spacial score (nSPS) is 13.4. The van der Waals surface area contributed by atoms with Crippen molar-refractivity contribution in [2.24, 2.45) is 0 Å². The van der Waals surface area contributed by atoms with Crippen LogP contribution in [0.15, 0.2) is 36.4 Å². The minimum Gasteiger partial charge on any atom is -0.374 e. The lowest BCUT2D eigenvalue weighted by Gasteiger charge is -2.30. The van der Waals surface area contributed by atoms with Gasteiger partial charge < -0.3 is 15.1 Å². The largest absolute Gasteiger partial charge is 0.374 e. The SMILES string of the molecule is CCCCC[N+](CCCCC)=c1ccc2nc3ccc(N(C(C)O)C(C)O)cc3sc-2c1. The predicted octanol–water partition coefficient (Wildman–Crippen LogP) is 5.04. The first-order valence-electron chi connectivity index (χ1n) is 12.0. The fourth-order valence-electron chi connectivity index (χ4n) is 4.18. The lowest BCUT2D eigenvalue weighted by atomic mass is 10.2. The number of hydrogen-bond acceptors (Lipinski definition) is 5. The molecule has 1 aromatic carbocycles. The summed E-state index contributed by atoms with van der Waals surface area (Å²) < 4.78 is 3.57. The average Bonchev–Trinajstić information content (AvgIpc) is 2.76. The maximum absolute atomic E-state index is 10.1. The molecule has 2 N–H and O–H groups in total. The zero-order valence-corrected chi connectivity index (χ0v) is 20.7. The predicted molar refractivity (Wildman–Crippen MR) is 136 cm³/mol. The Morgan fingerprint density at radius 1 is 0.906 bits per heavy atom. The molecule has 0 aromatic heterocycles. The third-order valence-corrected chi connectivity index (χ3v) is 6.97. The van der Waals surface area contributed by atoms with E-state index in [9.17, 15) is 10.2 Å². The van der Waals surface area contributed by atoms with Gasteiger partial charge in [-0.25, -0.2) is 9.56 Å². The van der Waals surface area contributed by atoms with Crippen molar-refractivity contribution in [2.75, 3.05) is 18.0 Å². The van der Waals surface area contributed by atoms with Gasteiger partial charge in [-0.05, 0) is 51.0 Å². The van der Waals surface area contributed by atoms with Crippen LogP contribution in [0.1, 0.15) is 66.2 Å². The van der Waals surface area contributed by atoms with E-state index in [0.29, 0.717) is 0 Å². The summed E-state index contributed by atoms with van der Waals surface area (Å²) in [6.45, 7) is 10.0. The van der Waals surface area contributed by atoms with Crippen LogP contribution >= 0.6 is 11.3 Å². The Morgan fingerprint density at radius 3 is 2.16 bits per heavy atom. The van der Waals surface area contributed by atoms with Crippen LogP contribution in [0.2, 0.25) is 0 Å². The van der Waals surface area contributed by atoms with Crippen LogP contribution < -0.4 is 14.8 Å². The van der Waals surface area contributed by atoms with Crippen LogP contribution in [0.4, 0.5) is 5.69 Å². The van der Waals surface area contributed by atoms with E-state index < -0.39 is 12.5 Å². The molecular weight excluding hydrogens is 418 g/mol. The van der Waals surface area contributed by atoms with Crippen LogP contribution in [-0.2, 0) is 0 Å². The van der Waals surface area contributed by atoms with Gasteiger partial charge in [0.05, 0.1) is 20.8 Å². The highest BCUT2D eigenvalue weighted by Gasteiger charge is 2.18. The Morgan fingerprint density at radius 2 is 1.56 bits per heavy atom. The lowest BCUT2D eigenvalue weighted by molar-refractivity contribution is 0.105. The Labute approximate surface area is 196 Å². The third-order valence-electron chi connectivity index (χ3n) is 5.88. The van der Waals surface area contributed by atoms with Gasteiger partial charge in [0.2, 0.25) is 5.36 Å². The quantitative estimate of drug-likeness (QED) is 0.184. The molecule has 32 heavy (non-hydrogen) atoms. The number of aliphatic hydroxyl groups is 2. The standard InChI is InChI=1S/C26H38N3O2S/c1-5-7-9-15-28(16-10-8-6-2)21-11-13-23-25(17-21)32-26-18-22(12-14-24(26)27-23)29(19(3)30)20(4)31/h11-14,17-20,30-31H,5-10,15-16H2,1-4H3/q+1. The molecular formula is C26H38N3O2S+. The number of unbranched alkanes of at least 4 members (excludes halogenated alkanes) is 4. The van der Waals surface area contributed by atoms with Gasteiger partial charge in [0.25, 0.3) is 0 Å². The van der Waals surface area contributed by atoms with Crippen molar-refractivity contribution in [3.05, 3.63) is 41.8 Å². The molecule has 0 amide bonds. The fourth-order valence-corrected chi connectivity index (χ4v) is 5.21. The lowest BCUT2D eigenvalue weighted by Crippen LogP contribution is -2.40. The maximum Gasteiger partial charge on any atom is 0.201 e. The van der Waals surface area contributed by atoms with E-state index in [1.807, 2.05) is 18.2 Å². The van der Waals surface area contributed by atoms with Gasteiger partial charge >= 0.3 is 0 Å². The van der Waals surface area contributed by atoms with Gasteiger partial charge in [0.1, 0.15) is 25.5 Å². The molecule has 5 nitrogen and oxygen atoms in total. The summed E-state index contributed by atoms with van der Waals surface area (Å²) in [6.07, 6.45) is 5.87. The molecule has 0 radical (unpaired) electrons. The van der Waals surface area contributed by atoms with Gasteiger partial charge in [-0.2, -0.15) is 0 Å². The van der Waals surface area contributed by atoms with E-state index in [1.54, 1.807) is 30.1 Å². The van der Waals surface area contributed by atoms with E-state index in [4.69, 9.17) is 4.98 Å². The van der Waals surface area contributed by atoms with Crippen molar-refractivity contribution in [3.63, 3.8) is 0 Å². The number of rotatable bonds is 11. The van der Waals surface area contributed by atoms with Gasteiger partial charge in [0, 0.05) is 30.7 Å². The highest BCUT2D eigenvalue weighted by molar-refractivity contribution is 7.21. The minimum atomic E-state index is -0.780. The number of aliphatic hydroxyl groups excluding tert-OH is 2. The first kappa shape index (κ1) is 24.6. The average molecular weight is 457 g/mol. The molecule has 1 aromatic rings. The van der Waals surface area contributed by atoms with Crippen molar-refractivity contribution >= 4 is 27.2 Å². The molecule has 1 aliphatic heterocycles.